The molecular weight excluding hydrogens is 543 g/mol. The van der Waals surface area contributed by atoms with Crippen molar-refractivity contribution in [3.8, 4) is 17.1 Å². The summed E-state index contributed by atoms with van der Waals surface area (Å²) in [4.78, 5) is 26.8. The zero-order chi connectivity index (χ0) is 29.5. The first-order chi connectivity index (χ1) is 20.2. The highest BCUT2D eigenvalue weighted by Crippen LogP contribution is 2.38. The molecule has 7 nitrogen and oxygen atoms in total. The molecule has 0 saturated carbocycles. The number of fused-ring (bicyclic) bond motifs is 2. The summed E-state index contributed by atoms with van der Waals surface area (Å²) in [6.07, 6.45) is 3.52. The van der Waals surface area contributed by atoms with E-state index in [0.29, 0.717) is 36.3 Å². The number of halogens is 3. The highest BCUT2D eigenvalue weighted by Gasteiger charge is 2.33. The van der Waals surface area contributed by atoms with Crippen LogP contribution in [0, 0.1) is 5.82 Å². The summed E-state index contributed by atoms with van der Waals surface area (Å²) in [6, 6.07) is 9.34. The molecule has 3 aliphatic rings. The van der Waals surface area contributed by atoms with Gasteiger partial charge in [0.05, 0.1) is 0 Å². The van der Waals surface area contributed by atoms with Crippen LogP contribution in [0.25, 0.3) is 22.0 Å². The molecule has 0 radical (unpaired) electrons. The van der Waals surface area contributed by atoms with E-state index in [1.165, 1.54) is 16.0 Å². The molecule has 222 valence electrons. The molecule has 1 amide bonds. The number of carbonyl (C=O) groups excluding carboxylic acids is 1. The normalized spacial score (nSPS) is 22.8. The lowest BCUT2D eigenvalue weighted by atomic mass is 9.85. The van der Waals surface area contributed by atoms with E-state index in [2.05, 4.69) is 17.6 Å². The number of amides is 1. The van der Waals surface area contributed by atoms with Crippen molar-refractivity contribution in [2.24, 2.45) is 0 Å². The number of nitrogens with zero attached hydrogens (tertiary/aromatic N) is 5. The molecule has 0 N–H and O–H groups in total. The van der Waals surface area contributed by atoms with Crippen LogP contribution in [0.5, 0.6) is 6.01 Å². The fourth-order valence-corrected chi connectivity index (χ4v) is 6.66. The molecule has 10 heteroatoms. The van der Waals surface area contributed by atoms with Crippen molar-refractivity contribution >= 4 is 22.6 Å². The number of anilines is 1. The second-order valence-corrected chi connectivity index (χ2v) is 11.7. The van der Waals surface area contributed by atoms with Crippen LogP contribution in [0.3, 0.4) is 0 Å². The zero-order valence-corrected chi connectivity index (χ0v) is 24.1. The van der Waals surface area contributed by atoms with Gasteiger partial charge in [0, 0.05) is 49.2 Å². The minimum absolute atomic E-state index is 0.0159. The molecule has 42 heavy (non-hydrogen) atoms. The Morgan fingerprint density at radius 3 is 2.64 bits per heavy atom. The lowest BCUT2D eigenvalue weighted by Crippen LogP contribution is -2.54. The minimum atomic E-state index is -0.996. The molecule has 2 aliphatic heterocycles. The predicted octanol–water partition coefficient (Wildman–Crippen LogP) is 5.26. The molecule has 3 aromatic rings. The van der Waals surface area contributed by atoms with Gasteiger partial charge in [-0.1, -0.05) is 30.8 Å². The number of piperazine rings is 1. The van der Waals surface area contributed by atoms with Gasteiger partial charge < -0.3 is 14.5 Å². The van der Waals surface area contributed by atoms with Gasteiger partial charge in [-0.3, -0.25) is 9.69 Å². The van der Waals surface area contributed by atoms with Crippen molar-refractivity contribution in [1.29, 1.82) is 0 Å². The van der Waals surface area contributed by atoms with Gasteiger partial charge in [0.2, 0.25) is 0 Å². The number of hydrogen-bond acceptors (Lipinski definition) is 6. The molecule has 2 saturated heterocycles. The van der Waals surface area contributed by atoms with Gasteiger partial charge >= 0.3 is 6.01 Å². The first-order valence-corrected chi connectivity index (χ1v) is 14.7. The van der Waals surface area contributed by atoms with Gasteiger partial charge in [-0.2, -0.15) is 9.97 Å². The van der Waals surface area contributed by atoms with Crippen LogP contribution >= 0.6 is 0 Å². The summed E-state index contributed by atoms with van der Waals surface area (Å²) < 4.78 is 50.1. The molecular formula is C32H36F3N5O2. The summed E-state index contributed by atoms with van der Waals surface area (Å²) in [6.45, 7) is 6.43. The Hall–Kier alpha value is -3.66. The summed E-state index contributed by atoms with van der Waals surface area (Å²) in [7, 11) is 1.85. The Bertz CT molecular complexity index is 1530. The van der Waals surface area contributed by atoms with E-state index >= 15 is 4.39 Å². The maximum atomic E-state index is 16.5. The maximum absolute atomic E-state index is 16.5. The number of aromatic nitrogens is 2. The van der Waals surface area contributed by atoms with E-state index in [1.54, 1.807) is 6.07 Å². The number of benzene rings is 2. The SMILES string of the molecule is C=C(F)C(=O)N1CCN(c2nc(OC[C@@H]3C[C@@H](F)CN3C)nc3c(F)c(-c4cccc5c4CCCC5)ccc23)[C@@H](C)C1. The molecule has 0 spiro atoms. The van der Waals surface area contributed by atoms with Crippen LogP contribution in [0.15, 0.2) is 42.7 Å². The third-order valence-electron chi connectivity index (χ3n) is 8.91. The summed E-state index contributed by atoms with van der Waals surface area (Å²) in [5.41, 5.74) is 3.95. The van der Waals surface area contributed by atoms with Gasteiger partial charge in [0.1, 0.15) is 24.1 Å². The molecule has 6 rings (SSSR count). The van der Waals surface area contributed by atoms with E-state index in [0.717, 1.165) is 31.2 Å². The third kappa shape index (κ3) is 5.32. The van der Waals surface area contributed by atoms with E-state index in [-0.39, 0.29) is 43.3 Å². The van der Waals surface area contributed by atoms with E-state index < -0.39 is 23.7 Å². The van der Waals surface area contributed by atoms with Gasteiger partial charge in [-0.15, -0.1) is 0 Å². The number of rotatable bonds is 6. The van der Waals surface area contributed by atoms with Crippen molar-refractivity contribution in [3.05, 3.63) is 59.7 Å². The van der Waals surface area contributed by atoms with Crippen molar-refractivity contribution in [2.45, 2.75) is 57.3 Å². The van der Waals surface area contributed by atoms with Gasteiger partial charge in [-0.25, -0.2) is 13.2 Å². The van der Waals surface area contributed by atoms with Crippen LogP contribution in [-0.2, 0) is 17.6 Å². The largest absolute Gasteiger partial charge is 0.462 e. The van der Waals surface area contributed by atoms with Crippen molar-refractivity contribution < 1.29 is 22.7 Å². The van der Waals surface area contributed by atoms with Crippen LogP contribution in [0.4, 0.5) is 19.0 Å². The topological polar surface area (TPSA) is 61.8 Å². The van der Waals surface area contributed by atoms with Crippen LogP contribution in [0.2, 0.25) is 0 Å². The molecule has 3 atom stereocenters. The number of carbonyl (C=O) groups is 1. The number of ether oxygens (including phenoxy) is 1. The highest BCUT2D eigenvalue weighted by atomic mass is 19.1. The standard InChI is InChI=1S/C32H36F3N5O2/c1-19-16-39(31(41)20(2)33)13-14-40(19)30-27-12-11-26(25-10-6-8-21-7-4-5-9-24(21)25)28(35)29(27)36-32(37-30)42-18-23-15-22(34)17-38(23)3/h6,8,10-12,19,22-23H,2,4-5,7,9,13-18H2,1,3H3/t19-,22+,23-/m0/s1. The zero-order valence-electron chi connectivity index (χ0n) is 24.1. The molecule has 0 bridgehead atoms. The molecule has 1 aromatic heterocycles. The minimum Gasteiger partial charge on any atom is -0.462 e. The van der Waals surface area contributed by atoms with Crippen molar-refractivity contribution in [2.75, 3.05) is 44.7 Å². The van der Waals surface area contributed by atoms with Crippen LogP contribution < -0.4 is 9.64 Å². The number of hydrogen-bond donors (Lipinski definition) is 0. The van der Waals surface area contributed by atoms with Crippen molar-refractivity contribution in [3.63, 3.8) is 0 Å². The number of likely N-dealkylation sites (tertiary alicyclic amines) is 1. The van der Waals surface area contributed by atoms with Crippen LogP contribution in [0.1, 0.15) is 37.3 Å². The summed E-state index contributed by atoms with van der Waals surface area (Å²) >= 11 is 0. The second-order valence-electron chi connectivity index (χ2n) is 11.7. The number of alkyl halides is 1. The van der Waals surface area contributed by atoms with Gasteiger partial charge in [-0.05, 0) is 68.8 Å². The monoisotopic (exact) mass is 579 g/mol. The molecule has 2 aromatic carbocycles. The van der Waals surface area contributed by atoms with Crippen molar-refractivity contribution in [1.82, 2.24) is 19.8 Å². The van der Waals surface area contributed by atoms with Crippen LogP contribution in [-0.4, -0.2) is 83.8 Å². The maximum Gasteiger partial charge on any atom is 0.319 e. The van der Waals surface area contributed by atoms with Gasteiger partial charge in [0.15, 0.2) is 11.6 Å². The Balaban J connectivity index is 1.41. The number of aryl methyl sites for hydroxylation is 1. The highest BCUT2D eigenvalue weighted by molar-refractivity contribution is 5.94. The Morgan fingerprint density at radius 1 is 1.10 bits per heavy atom. The summed E-state index contributed by atoms with van der Waals surface area (Å²) in [5.74, 6) is -1.69. The first kappa shape index (κ1) is 28.5. The Morgan fingerprint density at radius 2 is 1.90 bits per heavy atom. The molecule has 3 heterocycles. The number of likely N-dealkylation sites (N-methyl/N-ethyl adjacent to an activating group) is 1. The predicted molar refractivity (Wildman–Crippen MR) is 157 cm³/mol. The molecule has 2 fully saturated rings. The average molecular weight is 580 g/mol. The summed E-state index contributed by atoms with van der Waals surface area (Å²) in [5, 5.41) is 0.525. The van der Waals surface area contributed by atoms with E-state index in [1.807, 2.05) is 42.0 Å². The Labute approximate surface area is 244 Å². The second kappa shape index (κ2) is 11.6. The lowest BCUT2D eigenvalue weighted by Gasteiger charge is -2.40. The van der Waals surface area contributed by atoms with E-state index in [9.17, 15) is 13.6 Å². The van der Waals surface area contributed by atoms with Gasteiger partial charge in [0.25, 0.3) is 5.91 Å². The smallest absolute Gasteiger partial charge is 0.319 e. The molecule has 1 aliphatic carbocycles. The fraction of sp³-hybridized carbons (Fsp3) is 0.469. The lowest BCUT2D eigenvalue weighted by molar-refractivity contribution is -0.129. The first-order valence-electron chi connectivity index (χ1n) is 14.7. The quantitative estimate of drug-likeness (QED) is 0.372. The van der Waals surface area contributed by atoms with E-state index in [4.69, 9.17) is 9.72 Å². The fourth-order valence-electron chi connectivity index (χ4n) is 6.66. The Kier molecular flexibility index (Phi) is 7.83. The third-order valence-corrected chi connectivity index (χ3v) is 8.91. The molecule has 0 unspecified atom stereocenters. The average Bonchev–Trinajstić information content (AvgIpc) is 3.31.